The maximum atomic E-state index is 13.6. The molecule has 1 aromatic rings. The molecule has 1 unspecified atom stereocenters. The highest BCUT2D eigenvalue weighted by Crippen LogP contribution is 2.22. The summed E-state index contributed by atoms with van der Waals surface area (Å²) in [5.74, 6) is -0.910. The van der Waals surface area contributed by atoms with E-state index in [-0.39, 0.29) is 28.8 Å². The van der Waals surface area contributed by atoms with E-state index in [4.69, 9.17) is 0 Å². The van der Waals surface area contributed by atoms with Crippen LogP contribution in [0.2, 0.25) is 0 Å². The molecule has 0 aliphatic carbocycles. The second-order valence-electron chi connectivity index (χ2n) is 4.68. The molecule has 0 bridgehead atoms. The Morgan fingerprint density at radius 2 is 2.00 bits per heavy atom. The maximum absolute atomic E-state index is 13.6. The average molecular weight is 275 g/mol. The smallest absolute Gasteiger partial charge is 0.152 e. The minimum Gasteiger partial charge on any atom is -0.379 e. The van der Waals surface area contributed by atoms with Crippen LogP contribution in [0, 0.1) is 18.6 Å². The van der Waals surface area contributed by atoms with E-state index in [1.165, 1.54) is 6.92 Å². The molecule has 1 N–H and O–H groups in total. The molecule has 1 aromatic carbocycles. The van der Waals surface area contributed by atoms with E-state index in [1.807, 2.05) is 0 Å². The van der Waals surface area contributed by atoms with E-state index in [1.54, 1.807) is 0 Å². The van der Waals surface area contributed by atoms with E-state index < -0.39 is 21.5 Å². The van der Waals surface area contributed by atoms with Gasteiger partial charge in [0.05, 0.1) is 17.2 Å². The number of sulfone groups is 1. The van der Waals surface area contributed by atoms with Gasteiger partial charge >= 0.3 is 0 Å². The van der Waals surface area contributed by atoms with Crippen molar-refractivity contribution in [3.63, 3.8) is 0 Å². The Kier molecular flexibility index (Phi) is 3.56. The SMILES string of the molecule is Cc1cc(F)c(NC2CCCS(=O)(=O)C2)cc1F. The molecular weight excluding hydrogens is 260 g/mol. The second kappa shape index (κ2) is 4.84. The topological polar surface area (TPSA) is 46.2 Å². The molecule has 1 aliphatic rings. The van der Waals surface area contributed by atoms with E-state index in [0.717, 1.165) is 12.1 Å². The molecule has 0 spiro atoms. The number of hydrogen-bond donors (Lipinski definition) is 1. The molecule has 0 radical (unpaired) electrons. The van der Waals surface area contributed by atoms with Crippen molar-refractivity contribution in [2.45, 2.75) is 25.8 Å². The summed E-state index contributed by atoms with van der Waals surface area (Å²) in [5, 5.41) is 2.78. The van der Waals surface area contributed by atoms with Crippen LogP contribution in [0.5, 0.6) is 0 Å². The number of anilines is 1. The third-order valence-corrected chi connectivity index (χ3v) is 4.89. The normalized spacial score (nSPS) is 22.7. The molecule has 0 amide bonds. The van der Waals surface area contributed by atoms with Crippen LogP contribution in [0.3, 0.4) is 0 Å². The zero-order chi connectivity index (χ0) is 13.3. The van der Waals surface area contributed by atoms with Gasteiger partial charge in [0.1, 0.15) is 11.6 Å². The largest absolute Gasteiger partial charge is 0.379 e. The first kappa shape index (κ1) is 13.3. The van der Waals surface area contributed by atoms with Crippen LogP contribution in [0.25, 0.3) is 0 Å². The third kappa shape index (κ3) is 2.98. The Hall–Kier alpha value is -1.17. The summed E-state index contributed by atoms with van der Waals surface area (Å²) < 4.78 is 49.8. The molecule has 0 saturated carbocycles. The molecular formula is C12H15F2NO2S. The minimum absolute atomic E-state index is 0.0259. The highest BCUT2D eigenvalue weighted by molar-refractivity contribution is 7.91. The van der Waals surface area contributed by atoms with E-state index in [0.29, 0.717) is 12.8 Å². The quantitative estimate of drug-likeness (QED) is 0.900. The van der Waals surface area contributed by atoms with E-state index >= 15 is 0 Å². The van der Waals surface area contributed by atoms with Crippen LogP contribution in [0.4, 0.5) is 14.5 Å². The predicted octanol–water partition coefficient (Wildman–Crippen LogP) is 2.26. The predicted molar refractivity (Wildman–Crippen MR) is 66.4 cm³/mol. The highest BCUT2D eigenvalue weighted by Gasteiger charge is 2.25. The van der Waals surface area contributed by atoms with Gasteiger partial charge in [-0.2, -0.15) is 0 Å². The lowest BCUT2D eigenvalue weighted by molar-refractivity contribution is 0.557. The van der Waals surface area contributed by atoms with Gasteiger partial charge < -0.3 is 5.32 Å². The molecule has 1 fully saturated rings. The Bertz CT molecular complexity index is 557. The summed E-state index contributed by atoms with van der Waals surface area (Å²) in [7, 11) is -3.06. The highest BCUT2D eigenvalue weighted by atomic mass is 32.2. The molecule has 1 saturated heterocycles. The summed E-state index contributed by atoms with van der Waals surface area (Å²) in [6.45, 7) is 1.48. The fourth-order valence-electron chi connectivity index (χ4n) is 2.11. The van der Waals surface area contributed by atoms with E-state index in [9.17, 15) is 17.2 Å². The van der Waals surface area contributed by atoms with Crippen LogP contribution in [-0.2, 0) is 9.84 Å². The molecule has 2 rings (SSSR count). The number of benzene rings is 1. The molecule has 1 heterocycles. The van der Waals surface area contributed by atoms with Gasteiger partial charge in [-0.3, -0.25) is 0 Å². The standard InChI is InChI=1S/C12H15F2NO2S/c1-8-5-11(14)12(6-10(8)13)15-9-3-2-4-18(16,17)7-9/h5-6,9,15H,2-4,7H2,1H3. The Labute approximate surface area is 105 Å². The van der Waals surface area contributed by atoms with Crippen molar-refractivity contribution in [1.82, 2.24) is 0 Å². The van der Waals surface area contributed by atoms with Crippen LogP contribution in [0.15, 0.2) is 12.1 Å². The first-order valence-electron chi connectivity index (χ1n) is 5.80. The molecule has 18 heavy (non-hydrogen) atoms. The van der Waals surface area contributed by atoms with Crippen LogP contribution >= 0.6 is 0 Å². The number of halogens is 2. The van der Waals surface area contributed by atoms with Gasteiger partial charge in [-0.15, -0.1) is 0 Å². The lowest BCUT2D eigenvalue weighted by Crippen LogP contribution is -2.35. The van der Waals surface area contributed by atoms with Crippen LogP contribution in [0.1, 0.15) is 18.4 Å². The van der Waals surface area contributed by atoms with Gasteiger partial charge in [-0.05, 0) is 31.4 Å². The zero-order valence-electron chi connectivity index (χ0n) is 10.0. The average Bonchev–Trinajstić information content (AvgIpc) is 2.24. The lowest BCUT2D eigenvalue weighted by atomic mass is 10.1. The Morgan fingerprint density at radius 1 is 1.28 bits per heavy atom. The first-order chi connectivity index (χ1) is 8.37. The fourth-order valence-corrected chi connectivity index (χ4v) is 3.75. The summed E-state index contributed by atoms with van der Waals surface area (Å²) >= 11 is 0. The molecule has 6 heteroatoms. The van der Waals surface area contributed by atoms with Gasteiger partial charge in [0.2, 0.25) is 0 Å². The summed E-state index contributed by atoms with van der Waals surface area (Å²) in [6, 6.07) is 1.83. The number of hydrogen-bond acceptors (Lipinski definition) is 3. The van der Waals surface area contributed by atoms with Crippen molar-refractivity contribution < 1.29 is 17.2 Å². The summed E-state index contributed by atoms with van der Waals surface area (Å²) in [5.41, 5.74) is 0.259. The maximum Gasteiger partial charge on any atom is 0.152 e. The number of rotatable bonds is 2. The Balaban J connectivity index is 2.17. The van der Waals surface area contributed by atoms with Crippen molar-refractivity contribution in [2.75, 3.05) is 16.8 Å². The van der Waals surface area contributed by atoms with Gasteiger partial charge in [0.25, 0.3) is 0 Å². The fraction of sp³-hybridized carbons (Fsp3) is 0.500. The van der Waals surface area contributed by atoms with Gasteiger partial charge in [-0.25, -0.2) is 17.2 Å². The molecule has 0 aromatic heterocycles. The van der Waals surface area contributed by atoms with Gasteiger partial charge in [0.15, 0.2) is 9.84 Å². The number of nitrogens with one attached hydrogen (secondary N) is 1. The molecule has 3 nitrogen and oxygen atoms in total. The Morgan fingerprint density at radius 3 is 2.67 bits per heavy atom. The van der Waals surface area contributed by atoms with Crippen molar-refractivity contribution in [1.29, 1.82) is 0 Å². The van der Waals surface area contributed by atoms with Crippen molar-refractivity contribution in [3.8, 4) is 0 Å². The molecule has 1 atom stereocenters. The van der Waals surface area contributed by atoms with E-state index in [2.05, 4.69) is 5.32 Å². The second-order valence-corrected chi connectivity index (χ2v) is 6.91. The van der Waals surface area contributed by atoms with Crippen molar-refractivity contribution >= 4 is 15.5 Å². The third-order valence-electron chi connectivity index (χ3n) is 3.07. The van der Waals surface area contributed by atoms with Crippen LogP contribution < -0.4 is 5.32 Å². The monoisotopic (exact) mass is 275 g/mol. The van der Waals surface area contributed by atoms with Crippen LogP contribution in [-0.4, -0.2) is 26.0 Å². The van der Waals surface area contributed by atoms with Crippen molar-refractivity contribution in [2.24, 2.45) is 0 Å². The number of aryl methyl sites for hydroxylation is 1. The summed E-state index contributed by atoms with van der Waals surface area (Å²) in [4.78, 5) is 0. The lowest BCUT2D eigenvalue weighted by Gasteiger charge is -2.24. The van der Waals surface area contributed by atoms with Crippen molar-refractivity contribution in [3.05, 3.63) is 29.3 Å². The first-order valence-corrected chi connectivity index (χ1v) is 7.62. The zero-order valence-corrected chi connectivity index (χ0v) is 10.9. The molecule has 100 valence electrons. The van der Waals surface area contributed by atoms with Gasteiger partial charge in [0, 0.05) is 12.1 Å². The summed E-state index contributed by atoms with van der Waals surface area (Å²) in [6.07, 6.45) is 1.20. The van der Waals surface area contributed by atoms with Gasteiger partial charge in [-0.1, -0.05) is 0 Å². The molecule has 1 aliphatic heterocycles. The minimum atomic E-state index is -3.06.